The number of nitrogen functional groups attached to an aromatic ring is 1. The van der Waals surface area contributed by atoms with Crippen molar-refractivity contribution in [3.05, 3.63) is 12.5 Å². The molecule has 0 bridgehead atoms. The van der Waals surface area contributed by atoms with Gasteiger partial charge in [0.05, 0.1) is 30.8 Å². The number of aliphatic hydroxyl groups is 2. The van der Waals surface area contributed by atoms with Crippen LogP contribution in [0, 0.1) is 0 Å². The molecule has 8 nitrogen and oxygen atoms in total. The Balaban J connectivity index is 1.99. The Morgan fingerprint density at radius 3 is 3.11 bits per heavy atom. The van der Waals surface area contributed by atoms with Crippen LogP contribution in [0.5, 0.6) is 0 Å². The number of anilines is 1. The monoisotopic (exact) mass is 251 g/mol. The SMILES string of the molecule is Nc1nncc2c1ncn2[C@H]1C[C@H](O)[C@@H](CO)O1. The zero-order valence-corrected chi connectivity index (χ0v) is 9.47. The third kappa shape index (κ3) is 1.62. The summed E-state index contributed by atoms with van der Waals surface area (Å²) < 4.78 is 7.28. The maximum Gasteiger partial charge on any atom is 0.174 e. The molecule has 3 heterocycles. The summed E-state index contributed by atoms with van der Waals surface area (Å²) in [5.41, 5.74) is 6.91. The molecule has 1 saturated heterocycles. The van der Waals surface area contributed by atoms with Crippen molar-refractivity contribution in [2.24, 2.45) is 0 Å². The van der Waals surface area contributed by atoms with E-state index in [2.05, 4.69) is 15.2 Å². The minimum atomic E-state index is -0.690. The van der Waals surface area contributed by atoms with E-state index < -0.39 is 12.2 Å². The van der Waals surface area contributed by atoms with Crippen LogP contribution in [0.3, 0.4) is 0 Å². The topological polar surface area (TPSA) is 119 Å². The van der Waals surface area contributed by atoms with Gasteiger partial charge in [0, 0.05) is 6.42 Å². The van der Waals surface area contributed by atoms with Gasteiger partial charge in [-0.05, 0) is 0 Å². The Hall–Kier alpha value is -1.77. The Bertz CT molecular complexity index is 572. The highest BCUT2D eigenvalue weighted by Crippen LogP contribution is 2.31. The molecule has 0 unspecified atom stereocenters. The molecule has 2 aromatic heterocycles. The van der Waals surface area contributed by atoms with E-state index in [-0.39, 0.29) is 18.7 Å². The molecule has 96 valence electrons. The van der Waals surface area contributed by atoms with Gasteiger partial charge in [-0.15, -0.1) is 5.10 Å². The number of hydrogen-bond acceptors (Lipinski definition) is 7. The van der Waals surface area contributed by atoms with Gasteiger partial charge in [-0.2, -0.15) is 5.10 Å². The second kappa shape index (κ2) is 4.16. The predicted octanol–water partition coefficient (Wildman–Crippen LogP) is -0.951. The zero-order chi connectivity index (χ0) is 12.7. The molecule has 0 amide bonds. The largest absolute Gasteiger partial charge is 0.394 e. The highest BCUT2D eigenvalue weighted by Gasteiger charge is 2.35. The lowest BCUT2D eigenvalue weighted by atomic mass is 10.2. The first-order chi connectivity index (χ1) is 8.70. The highest BCUT2D eigenvalue weighted by atomic mass is 16.5. The van der Waals surface area contributed by atoms with Crippen molar-refractivity contribution in [1.29, 1.82) is 0 Å². The van der Waals surface area contributed by atoms with Crippen molar-refractivity contribution in [2.45, 2.75) is 24.9 Å². The minimum absolute atomic E-state index is 0.216. The van der Waals surface area contributed by atoms with Crippen LogP contribution in [0.25, 0.3) is 11.0 Å². The first-order valence-electron chi connectivity index (χ1n) is 5.58. The summed E-state index contributed by atoms with van der Waals surface area (Å²) >= 11 is 0. The van der Waals surface area contributed by atoms with Crippen LogP contribution in [0.2, 0.25) is 0 Å². The fourth-order valence-corrected chi connectivity index (χ4v) is 2.17. The maximum absolute atomic E-state index is 9.71. The molecule has 1 aliphatic heterocycles. The van der Waals surface area contributed by atoms with E-state index in [4.69, 9.17) is 15.6 Å². The van der Waals surface area contributed by atoms with E-state index in [9.17, 15) is 5.11 Å². The molecule has 0 aromatic carbocycles. The molecule has 3 rings (SSSR count). The summed E-state index contributed by atoms with van der Waals surface area (Å²) in [5, 5.41) is 26.3. The highest BCUT2D eigenvalue weighted by molar-refractivity contribution is 5.83. The third-order valence-electron chi connectivity index (χ3n) is 3.11. The van der Waals surface area contributed by atoms with Crippen LogP contribution in [0.1, 0.15) is 12.6 Å². The zero-order valence-electron chi connectivity index (χ0n) is 9.47. The summed E-state index contributed by atoms with van der Waals surface area (Å²) in [5.74, 6) is 0.253. The fraction of sp³-hybridized carbons (Fsp3) is 0.500. The van der Waals surface area contributed by atoms with Crippen molar-refractivity contribution >= 4 is 16.9 Å². The smallest absolute Gasteiger partial charge is 0.174 e. The van der Waals surface area contributed by atoms with Crippen molar-refractivity contribution < 1.29 is 14.9 Å². The quantitative estimate of drug-likeness (QED) is 0.629. The Kier molecular flexibility index (Phi) is 2.62. The second-order valence-corrected chi connectivity index (χ2v) is 4.23. The van der Waals surface area contributed by atoms with Gasteiger partial charge in [-0.25, -0.2) is 4.98 Å². The van der Waals surface area contributed by atoms with Gasteiger partial charge in [-0.3, -0.25) is 0 Å². The van der Waals surface area contributed by atoms with Gasteiger partial charge in [0.15, 0.2) is 5.82 Å². The second-order valence-electron chi connectivity index (χ2n) is 4.23. The molecule has 1 aliphatic rings. The lowest BCUT2D eigenvalue weighted by Gasteiger charge is -2.13. The standard InChI is InChI=1S/C10H13N5O3/c11-10-9-5(2-13-14-10)15(4-12-9)8-1-6(17)7(3-16)18-8/h2,4,6-8,16-17H,1,3H2,(H2,11,14)/t6-,7+,8+/m0/s1. The van der Waals surface area contributed by atoms with Gasteiger partial charge < -0.3 is 25.3 Å². The maximum atomic E-state index is 9.71. The molecule has 3 atom stereocenters. The van der Waals surface area contributed by atoms with Gasteiger partial charge in [0.2, 0.25) is 0 Å². The minimum Gasteiger partial charge on any atom is -0.394 e. The number of ether oxygens (including phenoxy) is 1. The van der Waals surface area contributed by atoms with Gasteiger partial charge >= 0.3 is 0 Å². The molecule has 2 aromatic rings. The van der Waals surface area contributed by atoms with Crippen LogP contribution in [0.4, 0.5) is 5.82 Å². The number of rotatable bonds is 2. The number of aliphatic hydroxyl groups excluding tert-OH is 2. The molecule has 0 spiro atoms. The van der Waals surface area contributed by atoms with Crippen LogP contribution in [0.15, 0.2) is 12.5 Å². The molecular formula is C10H13N5O3. The summed E-state index contributed by atoms with van der Waals surface area (Å²) in [7, 11) is 0. The molecule has 0 radical (unpaired) electrons. The van der Waals surface area contributed by atoms with Crippen LogP contribution >= 0.6 is 0 Å². The van der Waals surface area contributed by atoms with E-state index in [0.29, 0.717) is 17.5 Å². The number of aromatic nitrogens is 4. The molecule has 18 heavy (non-hydrogen) atoms. The normalized spacial score (nSPS) is 28.0. The van der Waals surface area contributed by atoms with Crippen LogP contribution in [-0.4, -0.2) is 48.8 Å². The van der Waals surface area contributed by atoms with E-state index in [0.717, 1.165) is 0 Å². The summed E-state index contributed by atoms with van der Waals surface area (Å²) in [6.45, 7) is -0.216. The molecule has 0 aliphatic carbocycles. The Morgan fingerprint density at radius 2 is 2.39 bits per heavy atom. The number of hydrogen-bond donors (Lipinski definition) is 3. The van der Waals surface area contributed by atoms with Crippen molar-refractivity contribution in [1.82, 2.24) is 19.7 Å². The summed E-state index contributed by atoms with van der Waals surface area (Å²) in [6, 6.07) is 0. The average molecular weight is 251 g/mol. The van der Waals surface area contributed by atoms with Gasteiger partial charge in [0.25, 0.3) is 0 Å². The van der Waals surface area contributed by atoms with Gasteiger partial charge in [-0.1, -0.05) is 0 Å². The summed E-state index contributed by atoms with van der Waals surface area (Å²) in [4.78, 5) is 4.15. The van der Waals surface area contributed by atoms with Crippen LogP contribution < -0.4 is 5.73 Å². The predicted molar refractivity (Wildman–Crippen MR) is 61.4 cm³/mol. The van der Waals surface area contributed by atoms with Gasteiger partial charge in [0.1, 0.15) is 17.8 Å². The first-order valence-corrected chi connectivity index (χ1v) is 5.58. The Labute approximate surface area is 102 Å². The molecular weight excluding hydrogens is 238 g/mol. The number of nitrogens with zero attached hydrogens (tertiary/aromatic N) is 4. The van der Waals surface area contributed by atoms with Crippen molar-refractivity contribution in [2.75, 3.05) is 12.3 Å². The Morgan fingerprint density at radius 1 is 1.56 bits per heavy atom. The lowest BCUT2D eigenvalue weighted by Crippen LogP contribution is -2.24. The molecule has 4 N–H and O–H groups in total. The molecule has 0 saturated carbocycles. The third-order valence-corrected chi connectivity index (χ3v) is 3.11. The van der Waals surface area contributed by atoms with Crippen molar-refractivity contribution in [3.8, 4) is 0 Å². The number of nitrogens with two attached hydrogens (primary N) is 1. The number of imidazole rings is 1. The van der Waals surface area contributed by atoms with E-state index >= 15 is 0 Å². The average Bonchev–Trinajstić information content (AvgIpc) is 2.93. The van der Waals surface area contributed by atoms with E-state index in [1.807, 2.05) is 0 Å². The molecule has 8 heteroatoms. The van der Waals surface area contributed by atoms with Crippen molar-refractivity contribution in [3.63, 3.8) is 0 Å². The number of fused-ring (bicyclic) bond motifs is 1. The fourth-order valence-electron chi connectivity index (χ4n) is 2.17. The summed E-state index contributed by atoms with van der Waals surface area (Å²) in [6.07, 6.45) is 1.86. The first kappa shape index (κ1) is 11.3. The molecule has 1 fully saturated rings. The van der Waals surface area contributed by atoms with E-state index in [1.54, 1.807) is 17.1 Å². The van der Waals surface area contributed by atoms with E-state index in [1.165, 1.54) is 0 Å². The van der Waals surface area contributed by atoms with Crippen LogP contribution in [-0.2, 0) is 4.74 Å². The lowest BCUT2D eigenvalue weighted by molar-refractivity contribution is -0.0430.